The van der Waals surface area contributed by atoms with Crippen molar-refractivity contribution in [2.24, 2.45) is 5.92 Å². The minimum absolute atomic E-state index is 0.0931. The van der Waals surface area contributed by atoms with Gasteiger partial charge in [0.25, 0.3) is 5.91 Å². The Kier molecular flexibility index (Phi) is 9.25. The number of hydrogen-bond donors (Lipinski definition) is 2. The predicted octanol–water partition coefficient (Wildman–Crippen LogP) is 3.85. The first-order valence-electron chi connectivity index (χ1n) is 13.3. The summed E-state index contributed by atoms with van der Waals surface area (Å²) in [5.74, 6) is -1.45. The summed E-state index contributed by atoms with van der Waals surface area (Å²) in [4.78, 5) is 41.4. The average molecular weight is 600 g/mol. The second-order valence-corrected chi connectivity index (χ2v) is 11.1. The molecule has 2 aromatic carbocycles. The van der Waals surface area contributed by atoms with E-state index in [1.165, 1.54) is 7.11 Å². The van der Waals surface area contributed by atoms with Crippen LogP contribution < -0.4 is 4.90 Å². The fraction of sp³-hybridized carbons (Fsp3) is 0.433. The molecule has 2 aliphatic heterocycles. The standard InChI is InChI=1S/C30H35BrN2O6/c1-20(8-7-11-27(35)33-18-22-10-4-3-9-21(22)16-24(33)19-34)30(38)25-17-23(31)13-14-26(25)32(29(30)37)15-6-5-12-28(36)39-2/h3-4,7-10,13-14,17,20,24,34,38H,5-6,11-12,15-16,18-19H2,1-2H3/b8-7+/t20-,24+,30+/m1/s1. The number of hydrogen-bond acceptors (Lipinski definition) is 6. The van der Waals surface area contributed by atoms with Crippen molar-refractivity contribution in [2.45, 2.75) is 57.2 Å². The van der Waals surface area contributed by atoms with Gasteiger partial charge in [-0.1, -0.05) is 59.3 Å². The molecule has 2 aromatic rings. The molecule has 4 rings (SSSR count). The molecule has 2 heterocycles. The normalized spacial score (nSPS) is 21.2. The Morgan fingerprint density at radius 3 is 2.67 bits per heavy atom. The van der Waals surface area contributed by atoms with Gasteiger partial charge in [-0.2, -0.15) is 0 Å². The number of aliphatic hydroxyl groups is 2. The van der Waals surface area contributed by atoms with Crippen LogP contribution in [0.1, 0.15) is 49.3 Å². The Morgan fingerprint density at radius 2 is 1.95 bits per heavy atom. The number of amides is 2. The monoisotopic (exact) mass is 598 g/mol. The number of methoxy groups -OCH3 is 1. The van der Waals surface area contributed by atoms with Gasteiger partial charge in [-0.05, 0) is 48.6 Å². The predicted molar refractivity (Wildman–Crippen MR) is 151 cm³/mol. The van der Waals surface area contributed by atoms with Gasteiger partial charge >= 0.3 is 5.97 Å². The van der Waals surface area contributed by atoms with Crippen molar-refractivity contribution in [2.75, 3.05) is 25.2 Å². The molecular weight excluding hydrogens is 564 g/mol. The van der Waals surface area contributed by atoms with E-state index in [1.807, 2.05) is 30.3 Å². The fourth-order valence-corrected chi connectivity index (χ4v) is 5.82. The van der Waals surface area contributed by atoms with Crippen LogP contribution in [0.2, 0.25) is 0 Å². The molecule has 0 aliphatic carbocycles. The second-order valence-electron chi connectivity index (χ2n) is 10.2. The van der Waals surface area contributed by atoms with E-state index in [-0.39, 0.29) is 37.4 Å². The average Bonchev–Trinajstić information content (AvgIpc) is 3.16. The topological polar surface area (TPSA) is 107 Å². The molecule has 0 unspecified atom stereocenters. The summed E-state index contributed by atoms with van der Waals surface area (Å²) < 4.78 is 5.43. The van der Waals surface area contributed by atoms with Gasteiger partial charge in [0, 0.05) is 41.9 Å². The van der Waals surface area contributed by atoms with E-state index >= 15 is 0 Å². The first-order chi connectivity index (χ1) is 18.7. The zero-order valence-electron chi connectivity index (χ0n) is 22.3. The van der Waals surface area contributed by atoms with E-state index in [1.54, 1.807) is 41.0 Å². The van der Waals surface area contributed by atoms with Crippen LogP contribution in [0.25, 0.3) is 0 Å². The van der Waals surface area contributed by atoms with Crippen molar-refractivity contribution in [1.29, 1.82) is 0 Å². The molecule has 2 aliphatic rings. The first kappa shape index (κ1) is 29.0. The van der Waals surface area contributed by atoms with Gasteiger partial charge in [-0.3, -0.25) is 14.4 Å². The molecule has 0 spiro atoms. The van der Waals surface area contributed by atoms with Crippen molar-refractivity contribution in [1.82, 2.24) is 4.90 Å². The lowest BCUT2D eigenvalue weighted by Crippen LogP contribution is -2.46. The summed E-state index contributed by atoms with van der Waals surface area (Å²) >= 11 is 3.45. The summed E-state index contributed by atoms with van der Waals surface area (Å²) in [6.07, 6.45) is 5.52. The summed E-state index contributed by atoms with van der Waals surface area (Å²) in [7, 11) is 1.35. The van der Waals surface area contributed by atoms with Gasteiger partial charge in [0.05, 0.1) is 25.4 Å². The minimum atomic E-state index is -1.79. The summed E-state index contributed by atoms with van der Waals surface area (Å²) in [5, 5.41) is 21.7. The van der Waals surface area contributed by atoms with Crippen molar-refractivity contribution < 1.29 is 29.3 Å². The second kappa shape index (κ2) is 12.4. The molecule has 39 heavy (non-hydrogen) atoms. The lowest BCUT2D eigenvalue weighted by molar-refractivity contribution is -0.140. The molecule has 9 heteroatoms. The molecule has 0 aromatic heterocycles. The zero-order valence-corrected chi connectivity index (χ0v) is 23.9. The van der Waals surface area contributed by atoms with E-state index in [0.29, 0.717) is 43.6 Å². The zero-order chi connectivity index (χ0) is 28.2. The van der Waals surface area contributed by atoms with Crippen molar-refractivity contribution in [3.63, 3.8) is 0 Å². The maximum absolute atomic E-state index is 13.6. The van der Waals surface area contributed by atoms with Crippen molar-refractivity contribution >= 4 is 39.4 Å². The number of halogens is 1. The van der Waals surface area contributed by atoms with Gasteiger partial charge in [-0.25, -0.2) is 0 Å². The lowest BCUT2D eigenvalue weighted by atomic mass is 9.83. The van der Waals surface area contributed by atoms with E-state index < -0.39 is 17.4 Å². The Labute approximate surface area is 237 Å². The van der Waals surface area contributed by atoms with Crippen molar-refractivity contribution in [3.8, 4) is 0 Å². The van der Waals surface area contributed by atoms with Crippen molar-refractivity contribution in [3.05, 3.63) is 75.8 Å². The molecule has 2 amide bonds. The maximum Gasteiger partial charge on any atom is 0.305 e. The third kappa shape index (κ3) is 5.95. The number of aliphatic hydroxyl groups excluding tert-OH is 1. The molecule has 0 saturated carbocycles. The molecule has 8 nitrogen and oxygen atoms in total. The number of ether oxygens (including phenoxy) is 1. The van der Waals surface area contributed by atoms with Crippen LogP contribution in [0, 0.1) is 5.92 Å². The molecule has 0 fully saturated rings. The van der Waals surface area contributed by atoms with Gasteiger partial charge in [-0.15, -0.1) is 0 Å². The minimum Gasteiger partial charge on any atom is -0.469 e. The first-order valence-corrected chi connectivity index (χ1v) is 14.0. The number of benzene rings is 2. The van der Waals surface area contributed by atoms with Gasteiger partial charge < -0.3 is 24.7 Å². The third-order valence-electron chi connectivity index (χ3n) is 7.73. The Bertz CT molecular complexity index is 1260. The number of fused-ring (bicyclic) bond motifs is 2. The number of rotatable bonds is 10. The maximum atomic E-state index is 13.6. The number of carbonyl (C=O) groups is 3. The number of unbranched alkanes of at least 4 members (excludes halogenated alkanes) is 1. The third-order valence-corrected chi connectivity index (χ3v) is 8.23. The van der Waals surface area contributed by atoms with E-state index in [4.69, 9.17) is 0 Å². The highest BCUT2D eigenvalue weighted by molar-refractivity contribution is 9.10. The number of esters is 1. The summed E-state index contributed by atoms with van der Waals surface area (Å²) in [6.45, 7) is 2.45. The van der Waals surface area contributed by atoms with Crippen LogP contribution in [0.5, 0.6) is 0 Å². The largest absolute Gasteiger partial charge is 0.469 e. The summed E-state index contributed by atoms with van der Waals surface area (Å²) in [5.41, 5.74) is 1.57. The van der Waals surface area contributed by atoms with E-state index in [0.717, 1.165) is 15.6 Å². The van der Waals surface area contributed by atoms with Gasteiger partial charge in [0.15, 0.2) is 5.60 Å². The SMILES string of the molecule is COC(=O)CCCCN1C(=O)[C@](O)([C@H](C)/C=C/CC(=O)N2Cc3ccccc3C[C@H]2CO)c2cc(Br)ccc21. The quantitative estimate of drug-likeness (QED) is 0.244. The van der Waals surface area contributed by atoms with Gasteiger partial charge in [0.2, 0.25) is 5.91 Å². The highest BCUT2D eigenvalue weighted by Crippen LogP contribution is 2.46. The van der Waals surface area contributed by atoms with Crippen LogP contribution in [-0.2, 0) is 37.7 Å². The summed E-state index contributed by atoms with van der Waals surface area (Å²) in [6, 6.07) is 13.0. The molecule has 2 N–H and O–H groups in total. The number of nitrogens with zero attached hydrogens (tertiary/aromatic N) is 2. The lowest BCUT2D eigenvalue weighted by Gasteiger charge is -2.36. The van der Waals surface area contributed by atoms with Crippen LogP contribution in [-0.4, -0.2) is 59.2 Å². The Balaban J connectivity index is 1.46. The molecule has 0 bridgehead atoms. The smallest absolute Gasteiger partial charge is 0.305 e. The van der Waals surface area contributed by atoms with Crippen LogP contribution in [0.15, 0.2) is 59.1 Å². The highest BCUT2D eigenvalue weighted by Gasteiger charge is 2.52. The number of carbonyl (C=O) groups excluding carboxylic acids is 3. The molecule has 208 valence electrons. The highest BCUT2D eigenvalue weighted by atomic mass is 79.9. The van der Waals surface area contributed by atoms with E-state index in [9.17, 15) is 24.6 Å². The van der Waals surface area contributed by atoms with Crippen LogP contribution >= 0.6 is 15.9 Å². The molecule has 0 radical (unpaired) electrons. The number of anilines is 1. The van der Waals surface area contributed by atoms with Crippen LogP contribution in [0.4, 0.5) is 5.69 Å². The van der Waals surface area contributed by atoms with E-state index in [2.05, 4.69) is 20.7 Å². The van der Waals surface area contributed by atoms with Crippen LogP contribution in [0.3, 0.4) is 0 Å². The van der Waals surface area contributed by atoms with Gasteiger partial charge in [0.1, 0.15) is 0 Å². The fourth-order valence-electron chi connectivity index (χ4n) is 5.45. The molecule has 0 saturated heterocycles. The Morgan fingerprint density at radius 1 is 1.21 bits per heavy atom. The molecular formula is C30H35BrN2O6. The Hall–Kier alpha value is -3.01. The molecule has 3 atom stereocenters.